The van der Waals surface area contributed by atoms with Crippen LogP contribution in [0.25, 0.3) is 0 Å². The number of rotatable bonds is 3. The lowest BCUT2D eigenvalue weighted by molar-refractivity contribution is 0.601. The Morgan fingerprint density at radius 1 is 1.10 bits per heavy atom. The van der Waals surface area contributed by atoms with Gasteiger partial charge in [0.15, 0.2) is 0 Å². The van der Waals surface area contributed by atoms with Gasteiger partial charge in [-0.2, -0.15) is 0 Å². The average Bonchev–Trinajstić information content (AvgIpc) is 2.32. The van der Waals surface area contributed by atoms with Crippen molar-refractivity contribution in [1.82, 2.24) is 0 Å². The second-order valence-electron chi connectivity index (χ2n) is 4.61. The molecule has 0 atom stereocenters. The lowest BCUT2D eigenvalue weighted by atomic mass is 10.2. The number of hydrogen-bond donors (Lipinski definition) is 2. The topological polar surface area (TPSA) is 72.2 Å². The Morgan fingerprint density at radius 2 is 1.80 bits per heavy atom. The second-order valence-corrected chi connectivity index (χ2v) is 6.69. The number of sulfonamides is 1. The molecule has 0 spiro atoms. The summed E-state index contributed by atoms with van der Waals surface area (Å²) < 4.78 is 27.2. The summed E-state index contributed by atoms with van der Waals surface area (Å²) in [5, 5.41) is 0.556. The summed E-state index contributed by atoms with van der Waals surface area (Å²) in [6.07, 6.45) is 0. The summed E-state index contributed by atoms with van der Waals surface area (Å²) >= 11 is 5.85. The minimum Gasteiger partial charge on any atom is -0.398 e. The number of aryl methyl sites for hydroxylation is 2. The van der Waals surface area contributed by atoms with Crippen LogP contribution in [-0.4, -0.2) is 8.42 Å². The third-order valence-electron chi connectivity index (χ3n) is 2.89. The number of benzene rings is 2. The maximum Gasteiger partial charge on any atom is 0.263 e. The Bertz CT molecular complexity index is 758. The minimum absolute atomic E-state index is 0.0671. The first kappa shape index (κ1) is 14.7. The second kappa shape index (κ2) is 5.34. The van der Waals surface area contributed by atoms with E-state index in [1.165, 1.54) is 6.07 Å². The first-order valence-corrected chi connectivity index (χ1v) is 7.81. The number of hydrogen-bond acceptors (Lipinski definition) is 3. The number of nitrogens with two attached hydrogens (primary N) is 1. The fourth-order valence-electron chi connectivity index (χ4n) is 1.85. The minimum atomic E-state index is -3.71. The third kappa shape index (κ3) is 3.05. The maximum absolute atomic E-state index is 12.3. The molecule has 0 saturated carbocycles. The Morgan fingerprint density at radius 3 is 2.40 bits per heavy atom. The molecule has 0 fully saturated rings. The zero-order chi connectivity index (χ0) is 14.9. The Kier molecular flexibility index (Phi) is 3.92. The first-order valence-electron chi connectivity index (χ1n) is 5.95. The van der Waals surface area contributed by atoms with Crippen molar-refractivity contribution in [3.63, 3.8) is 0 Å². The van der Waals surface area contributed by atoms with Crippen molar-refractivity contribution in [2.75, 3.05) is 10.5 Å². The molecular formula is C14H15ClN2O2S. The highest BCUT2D eigenvalue weighted by atomic mass is 35.5. The van der Waals surface area contributed by atoms with Crippen molar-refractivity contribution in [1.29, 1.82) is 0 Å². The monoisotopic (exact) mass is 310 g/mol. The fourth-order valence-corrected chi connectivity index (χ4v) is 3.33. The van der Waals surface area contributed by atoms with Gasteiger partial charge in [-0.3, -0.25) is 4.72 Å². The molecule has 106 valence electrons. The van der Waals surface area contributed by atoms with E-state index in [0.717, 1.165) is 11.1 Å². The molecule has 2 aromatic rings. The molecule has 0 heterocycles. The van der Waals surface area contributed by atoms with Crippen LogP contribution in [0.1, 0.15) is 11.1 Å². The van der Waals surface area contributed by atoms with Gasteiger partial charge in [0.1, 0.15) is 4.90 Å². The smallest absolute Gasteiger partial charge is 0.263 e. The van der Waals surface area contributed by atoms with Crippen molar-refractivity contribution in [3.8, 4) is 0 Å². The molecule has 0 bridgehead atoms. The molecule has 4 nitrogen and oxygen atoms in total. The van der Waals surface area contributed by atoms with Crippen molar-refractivity contribution < 1.29 is 8.42 Å². The standard InChI is InChI=1S/C14H15ClN2O2S/c1-9-3-6-14(12(16)7-9)20(18,19)17-13-5-4-11(15)8-10(13)2/h3-8,17H,16H2,1-2H3. The predicted molar refractivity (Wildman–Crippen MR) is 82.6 cm³/mol. The van der Waals surface area contributed by atoms with E-state index < -0.39 is 10.0 Å². The van der Waals surface area contributed by atoms with E-state index in [9.17, 15) is 8.42 Å². The lowest BCUT2D eigenvalue weighted by Gasteiger charge is -2.12. The highest BCUT2D eigenvalue weighted by Crippen LogP contribution is 2.25. The molecule has 0 radical (unpaired) electrons. The summed E-state index contributed by atoms with van der Waals surface area (Å²) in [4.78, 5) is 0.0671. The van der Waals surface area contributed by atoms with Gasteiger partial charge in [0.05, 0.1) is 11.4 Å². The Hall–Kier alpha value is -1.72. The molecule has 6 heteroatoms. The average molecular weight is 311 g/mol. The Balaban J connectivity index is 2.41. The Labute approximate surface area is 123 Å². The van der Waals surface area contributed by atoms with E-state index in [1.807, 2.05) is 6.92 Å². The van der Waals surface area contributed by atoms with Crippen LogP contribution in [0.2, 0.25) is 5.02 Å². The van der Waals surface area contributed by atoms with Gasteiger partial charge < -0.3 is 5.73 Å². The maximum atomic E-state index is 12.3. The van der Waals surface area contributed by atoms with Gasteiger partial charge in [0.2, 0.25) is 0 Å². The summed E-state index contributed by atoms with van der Waals surface area (Å²) in [5.41, 5.74) is 8.14. The quantitative estimate of drug-likeness (QED) is 0.854. The van der Waals surface area contributed by atoms with Gasteiger partial charge in [-0.05, 0) is 55.3 Å². The number of nitrogen functional groups attached to an aromatic ring is 1. The molecule has 20 heavy (non-hydrogen) atoms. The van der Waals surface area contributed by atoms with Crippen LogP contribution in [0.3, 0.4) is 0 Å². The number of halogens is 1. The van der Waals surface area contributed by atoms with E-state index in [2.05, 4.69) is 4.72 Å². The molecule has 3 N–H and O–H groups in total. The van der Waals surface area contributed by atoms with Crippen molar-refractivity contribution in [2.45, 2.75) is 18.7 Å². The van der Waals surface area contributed by atoms with Crippen molar-refractivity contribution in [3.05, 3.63) is 52.5 Å². The van der Waals surface area contributed by atoms with Crippen LogP contribution in [0.5, 0.6) is 0 Å². The summed E-state index contributed by atoms with van der Waals surface area (Å²) in [6.45, 7) is 3.63. The molecule has 0 aromatic heterocycles. The van der Waals surface area contributed by atoms with Crippen LogP contribution in [-0.2, 0) is 10.0 Å². The van der Waals surface area contributed by atoms with Crippen LogP contribution in [0, 0.1) is 13.8 Å². The normalized spacial score (nSPS) is 11.3. The molecule has 0 aliphatic rings. The van der Waals surface area contributed by atoms with E-state index in [0.29, 0.717) is 10.7 Å². The molecule has 2 aromatic carbocycles. The van der Waals surface area contributed by atoms with Crippen LogP contribution < -0.4 is 10.5 Å². The highest BCUT2D eigenvalue weighted by molar-refractivity contribution is 7.92. The molecular weight excluding hydrogens is 296 g/mol. The summed E-state index contributed by atoms with van der Waals surface area (Å²) in [5.74, 6) is 0. The SMILES string of the molecule is Cc1ccc(S(=O)(=O)Nc2ccc(Cl)cc2C)c(N)c1. The van der Waals surface area contributed by atoms with Gasteiger partial charge in [-0.15, -0.1) is 0 Å². The van der Waals surface area contributed by atoms with Gasteiger partial charge >= 0.3 is 0 Å². The van der Waals surface area contributed by atoms with E-state index in [-0.39, 0.29) is 10.6 Å². The van der Waals surface area contributed by atoms with Gasteiger partial charge in [0.25, 0.3) is 10.0 Å². The molecule has 0 amide bonds. The highest BCUT2D eigenvalue weighted by Gasteiger charge is 2.18. The van der Waals surface area contributed by atoms with Gasteiger partial charge in [-0.25, -0.2) is 8.42 Å². The lowest BCUT2D eigenvalue weighted by Crippen LogP contribution is -2.15. The van der Waals surface area contributed by atoms with Gasteiger partial charge in [-0.1, -0.05) is 17.7 Å². The van der Waals surface area contributed by atoms with Gasteiger partial charge in [0, 0.05) is 5.02 Å². The summed E-state index contributed by atoms with van der Waals surface area (Å²) in [6, 6.07) is 9.78. The molecule has 2 rings (SSSR count). The number of nitrogens with one attached hydrogen (secondary N) is 1. The summed E-state index contributed by atoms with van der Waals surface area (Å²) in [7, 11) is -3.71. The van der Waals surface area contributed by atoms with E-state index in [1.54, 1.807) is 37.3 Å². The van der Waals surface area contributed by atoms with E-state index >= 15 is 0 Å². The number of anilines is 2. The largest absolute Gasteiger partial charge is 0.398 e. The van der Waals surface area contributed by atoms with Crippen LogP contribution >= 0.6 is 11.6 Å². The molecule has 0 aliphatic carbocycles. The van der Waals surface area contributed by atoms with E-state index in [4.69, 9.17) is 17.3 Å². The van der Waals surface area contributed by atoms with Crippen LogP contribution in [0.4, 0.5) is 11.4 Å². The fraction of sp³-hybridized carbons (Fsp3) is 0.143. The predicted octanol–water partition coefficient (Wildman–Crippen LogP) is 3.34. The zero-order valence-electron chi connectivity index (χ0n) is 11.1. The van der Waals surface area contributed by atoms with Crippen molar-refractivity contribution in [2.24, 2.45) is 0 Å². The third-order valence-corrected chi connectivity index (χ3v) is 4.56. The molecule has 0 aliphatic heterocycles. The molecule has 0 saturated heterocycles. The van der Waals surface area contributed by atoms with Crippen molar-refractivity contribution >= 4 is 33.0 Å². The zero-order valence-corrected chi connectivity index (χ0v) is 12.7. The molecule has 0 unspecified atom stereocenters. The van der Waals surface area contributed by atoms with Crippen LogP contribution in [0.15, 0.2) is 41.3 Å². The first-order chi connectivity index (χ1) is 9.29.